The van der Waals surface area contributed by atoms with Gasteiger partial charge in [0, 0.05) is 25.0 Å². The van der Waals surface area contributed by atoms with E-state index in [1.165, 1.54) is 18.2 Å². The van der Waals surface area contributed by atoms with Crippen molar-refractivity contribution in [1.29, 1.82) is 0 Å². The van der Waals surface area contributed by atoms with E-state index in [2.05, 4.69) is 0 Å². The molecule has 0 saturated carbocycles. The van der Waals surface area contributed by atoms with Crippen molar-refractivity contribution < 1.29 is 18.6 Å². The van der Waals surface area contributed by atoms with Crippen LogP contribution in [0.4, 0.5) is 8.78 Å². The quantitative estimate of drug-likeness (QED) is 0.910. The molecule has 1 N–H and O–H groups in total. The van der Waals surface area contributed by atoms with Crippen LogP contribution in [-0.2, 0) is 11.2 Å². The van der Waals surface area contributed by atoms with Crippen molar-refractivity contribution in [2.24, 2.45) is 0 Å². The number of halogens is 2. The molecule has 0 aromatic heterocycles. The molecule has 1 saturated heterocycles. The fourth-order valence-corrected chi connectivity index (χ4v) is 2.70. The molecular formula is C15H20F2O2. The fourth-order valence-electron chi connectivity index (χ4n) is 2.70. The highest BCUT2D eigenvalue weighted by molar-refractivity contribution is 5.22. The van der Waals surface area contributed by atoms with Crippen molar-refractivity contribution in [2.45, 2.75) is 50.7 Å². The molecule has 1 aliphatic rings. The third kappa shape index (κ3) is 3.51. The van der Waals surface area contributed by atoms with Gasteiger partial charge in [-0.2, -0.15) is 0 Å². The van der Waals surface area contributed by atoms with Crippen molar-refractivity contribution in [3.05, 3.63) is 35.4 Å². The number of benzene rings is 1. The van der Waals surface area contributed by atoms with Gasteiger partial charge in [-0.15, -0.1) is 0 Å². The van der Waals surface area contributed by atoms with Gasteiger partial charge in [-0.05, 0) is 25.0 Å². The molecule has 1 fully saturated rings. The topological polar surface area (TPSA) is 29.5 Å². The largest absolute Gasteiger partial charge is 0.389 e. The Hall–Kier alpha value is -1.00. The first-order valence-electron chi connectivity index (χ1n) is 6.81. The molecule has 2 unspecified atom stereocenters. The van der Waals surface area contributed by atoms with E-state index in [1.54, 1.807) is 0 Å². The molecule has 0 aliphatic carbocycles. The van der Waals surface area contributed by atoms with E-state index in [4.69, 9.17) is 4.74 Å². The molecule has 2 atom stereocenters. The van der Waals surface area contributed by atoms with Crippen LogP contribution in [0.5, 0.6) is 0 Å². The molecule has 2 nitrogen and oxygen atoms in total. The molecule has 4 heteroatoms. The summed E-state index contributed by atoms with van der Waals surface area (Å²) in [5, 5.41) is 10.6. The van der Waals surface area contributed by atoms with Crippen LogP contribution in [0.2, 0.25) is 0 Å². The van der Waals surface area contributed by atoms with Gasteiger partial charge in [-0.3, -0.25) is 0 Å². The van der Waals surface area contributed by atoms with Gasteiger partial charge in [0.2, 0.25) is 0 Å². The average molecular weight is 270 g/mol. The number of ether oxygens (including phenoxy) is 1. The SMILES string of the molecule is CCCC1CC(O)(Cc2c(F)cccc2F)CCO1. The van der Waals surface area contributed by atoms with Crippen LogP contribution in [0.25, 0.3) is 0 Å². The van der Waals surface area contributed by atoms with Gasteiger partial charge in [0.1, 0.15) is 11.6 Å². The molecule has 0 amide bonds. The monoisotopic (exact) mass is 270 g/mol. The van der Waals surface area contributed by atoms with Gasteiger partial charge in [0.25, 0.3) is 0 Å². The lowest BCUT2D eigenvalue weighted by Gasteiger charge is -2.37. The van der Waals surface area contributed by atoms with Crippen molar-refractivity contribution in [1.82, 2.24) is 0 Å². The third-order valence-electron chi connectivity index (χ3n) is 3.71. The first kappa shape index (κ1) is 14.4. The number of aliphatic hydroxyl groups is 1. The predicted octanol–water partition coefficient (Wildman–Crippen LogP) is 3.22. The summed E-state index contributed by atoms with van der Waals surface area (Å²) in [7, 11) is 0. The van der Waals surface area contributed by atoms with Crippen LogP contribution in [0.15, 0.2) is 18.2 Å². The van der Waals surface area contributed by atoms with E-state index < -0.39 is 17.2 Å². The zero-order chi connectivity index (χ0) is 13.9. The van der Waals surface area contributed by atoms with E-state index >= 15 is 0 Å². The Morgan fingerprint density at radius 1 is 1.37 bits per heavy atom. The summed E-state index contributed by atoms with van der Waals surface area (Å²) in [6.07, 6.45) is 2.68. The highest BCUT2D eigenvalue weighted by atomic mass is 19.1. The van der Waals surface area contributed by atoms with E-state index in [-0.39, 0.29) is 18.1 Å². The van der Waals surface area contributed by atoms with E-state index in [9.17, 15) is 13.9 Å². The molecule has 2 rings (SSSR count). The molecule has 0 spiro atoms. The van der Waals surface area contributed by atoms with Gasteiger partial charge in [0.15, 0.2) is 0 Å². The third-order valence-corrected chi connectivity index (χ3v) is 3.71. The van der Waals surface area contributed by atoms with Crippen LogP contribution < -0.4 is 0 Å². The summed E-state index contributed by atoms with van der Waals surface area (Å²) in [6.45, 7) is 2.49. The van der Waals surface area contributed by atoms with Crippen LogP contribution in [0.3, 0.4) is 0 Å². The van der Waals surface area contributed by atoms with Crippen LogP contribution in [0, 0.1) is 11.6 Å². The smallest absolute Gasteiger partial charge is 0.129 e. The minimum atomic E-state index is -1.07. The Labute approximate surface area is 112 Å². The Kier molecular flexibility index (Phi) is 4.53. The first-order valence-corrected chi connectivity index (χ1v) is 6.81. The molecule has 0 bridgehead atoms. The number of hydrogen-bond donors (Lipinski definition) is 1. The zero-order valence-corrected chi connectivity index (χ0v) is 11.2. The summed E-state index contributed by atoms with van der Waals surface area (Å²) < 4.78 is 32.8. The normalized spacial score (nSPS) is 27.5. The Morgan fingerprint density at radius 2 is 2.05 bits per heavy atom. The van der Waals surface area contributed by atoms with Gasteiger partial charge in [-0.1, -0.05) is 19.4 Å². The lowest BCUT2D eigenvalue weighted by Crippen LogP contribution is -2.42. The zero-order valence-electron chi connectivity index (χ0n) is 11.2. The summed E-state index contributed by atoms with van der Waals surface area (Å²) in [5.74, 6) is -1.18. The lowest BCUT2D eigenvalue weighted by molar-refractivity contribution is -0.105. The number of hydrogen-bond acceptors (Lipinski definition) is 2. The lowest BCUT2D eigenvalue weighted by atomic mass is 9.83. The molecular weight excluding hydrogens is 250 g/mol. The second kappa shape index (κ2) is 5.97. The minimum Gasteiger partial charge on any atom is -0.389 e. The van der Waals surface area contributed by atoms with Crippen molar-refractivity contribution in [2.75, 3.05) is 6.61 Å². The molecule has 1 heterocycles. The molecule has 1 aromatic carbocycles. The van der Waals surface area contributed by atoms with Crippen LogP contribution >= 0.6 is 0 Å². The summed E-state index contributed by atoms with van der Waals surface area (Å²) in [6, 6.07) is 3.79. The molecule has 0 radical (unpaired) electrons. The van der Waals surface area contributed by atoms with Gasteiger partial charge < -0.3 is 9.84 Å². The second-order valence-corrected chi connectivity index (χ2v) is 5.34. The van der Waals surface area contributed by atoms with Crippen molar-refractivity contribution >= 4 is 0 Å². The van der Waals surface area contributed by atoms with Crippen molar-refractivity contribution in [3.8, 4) is 0 Å². The van der Waals surface area contributed by atoms with Crippen LogP contribution in [0.1, 0.15) is 38.2 Å². The standard InChI is InChI=1S/C15H20F2O2/c1-2-4-11-9-15(18,7-8-19-11)10-12-13(16)5-3-6-14(12)17/h3,5-6,11,18H,2,4,7-10H2,1H3. The minimum absolute atomic E-state index is 0.00901. The predicted molar refractivity (Wildman–Crippen MR) is 68.9 cm³/mol. The summed E-state index contributed by atoms with van der Waals surface area (Å²) in [4.78, 5) is 0. The summed E-state index contributed by atoms with van der Waals surface area (Å²) >= 11 is 0. The summed E-state index contributed by atoms with van der Waals surface area (Å²) in [5.41, 5.74) is -1.09. The number of rotatable bonds is 4. The van der Waals surface area contributed by atoms with Gasteiger partial charge in [-0.25, -0.2) is 8.78 Å². The molecule has 19 heavy (non-hydrogen) atoms. The fraction of sp³-hybridized carbons (Fsp3) is 0.600. The van der Waals surface area contributed by atoms with Crippen LogP contribution in [-0.4, -0.2) is 23.4 Å². The molecule has 1 aliphatic heterocycles. The Balaban J connectivity index is 2.12. The van der Waals surface area contributed by atoms with Gasteiger partial charge >= 0.3 is 0 Å². The van der Waals surface area contributed by atoms with Crippen molar-refractivity contribution in [3.63, 3.8) is 0 Å². The maximum Gasteiger partial charge on any atom is 0.129 e. The molecule has 106 valence electrons. The highest BCUT2D eigenvalue weighted by Gasteiger charge is 2.36. The maximum absolute atomic E-state index is 13.6. The van der Waals surface area contributed by atoms with E-state index in [0.717, 1.165) is 12.8 Å². The van der Waals surface area contributed by atoms with E-state index in [1.807, 2.05) is 6.92 Å². The first-order chi connectivity index (χ1) is 9.04. The Morgan fingerprint density at radius 3 is 2.68 bits per heavy atom. The second-order valence-electron chi connectivity index (χ2n) is 5.34. The van der Waals surface area contributed by atoms with Gasteiger partial charge in [0.05, 0.1) is 11.7 Å². The average Bonchev–Trinajstić information content (AvgIpc) is 2.35. The highest BCUT2D eigenvalue weighted by Crippen LogP contribution is 2.31. The maximum atomic E-state index is 13.6. The van der Waals surface area contributed by atoms with E-state index in [0.29, 0.717) is 19.4 Å². The molecule has 1 aromatic rings. The Bertz CT molecular complexity index is 414.